The summed E-state index contributed by atoms with van der Waals surface area (Å²) in [6, 6.07) is 4.79. The number of nitro benzene ring substituents is 1. The highest BCUT2D eigenvalue weighted by Gasteiger charge is 2.26. The Morgan fingerprint density at radius 1 is 1.48 bits per heavy atom. The average molecular weight is 332 g/mol. The number of nitrogens with one attached hydrogen (secondary N) is 1. The Kier molecular flexibility index (Phi) is 6.74. The lowest BCUT2D eigenvalue weighted by Gasteiger charge is -2.26. The third kappa shape index (κ3) is 5.36. The van der Waals surface area contributed by atoms with Crippen molar-refractivity contribution in [1.82, 2.24) is 5.09 Å². The molecule has 1 aromatic carbocycles. The van der Waals surface area contributed by atoms with Crippen LogP contribution in [0, 0.1) is 17.0 Å². The monoisotopic (exact) mass is 332 g/mol. The van der Waals surface area contributed by atoms with Gasteiger partial charge in [-0.25, -0.2) is 5.09 Å². The normalized spacial score (nSPS) is 15.2. The molecule has 1 N–H and O–H groups in total. The first-order valence-electron chi connectivity index (χ1n) is 6.78. The van der Waals surface area contributed by atoms with Crippen molar-refractivity contribution in [3.8, 4) is 5.75 Å². The summed E-state index contributed by atoms with van der Waals surface area (Å²) in [6.07, 6.45) is 0.852. The summed E-state index contributed by atoms with van der Waals surface area (Å²) >= 11 is 5.45. The van der Waals surface area contributed by atoms with Gasteiger partial charge in [-0.15, -0.1) is 0 Å². The number of nitrogens with zero attached hydrogens (tertiary/aromatic N) is 1. The second-order valence-electron chi connectivity index (χ2n) is 4.67. The maximum absolute atomic E-state index is 11.1. The third-order valence-corrected chi connectivity index (χ3v) is 5.47. The minimum Gasteiger partial charge on any atom is -0.425 e. The summed E-state index contributed by atoms with van der Waals surface area (Å²) in [6.45, 7) is 5.18. The standard InChI is InChI=1S/C13H21N2O4PS/c1-5-11(4)14-20(21,18-6-2)19-13-9-10(3)7-8-12(13)15(16)17/h7-9,11H,5-6H2,1-4H3,(H,14,21)/t11-,20+/m1/s1. The van der Waals surface area contributed by atoms with Crippen molar-refractivity contribution in [2.45, 2.75) is 40.2 Å². The Labute approximate surface area is 130 Å². The average Bonchev–Trinajstić information content (AvgIpc) is 2.38. The molecule has 0 unspecified atom stereocenters. The second kappa shape index (κ2) is 7.84. The molecule has 0 spiro atoms. The fraction of sp³-hybridized carbons (Fsp3) is 0.538. The van der Waals surface area contributed by atoms with Gasteiger partial charge in [-0.3, -0.25) is 10.1 Å². The fourth-order valence-electron chi connectivity index (χ4n) is 1.60. The first kappa shape index (κ1) is 18.0. The molecule has 118 valence electrons. The minimum atomic E-state index is -2.82. The Bertz CT molecular complexity index is 553. The van der Waals surface area contributed by atoms with Gasteiger partial charge in [0.2, 0.25) is 5.75 Å². The van der Waals surface area contributed by atoms with Crippen LogP contribution in [0.3, 0.4) is 0 Å². The SMILES string of the molecule is CCO[P@@](=S)(N[C@H](C)CC)Oc1cc(C)ccc1[N+](=O)[O-]. The molecule has 0 aromatic heterocycles. The van der Waals surface area contributed by atoms with Gasteiger partial charge in [-0.05, 0) is 50.6 Å². The maximum Gasteiger partial charge on any atom is 0.313 e. The van der Waals surface area contributed by atoms with E-state index in [0.717, 1.165) is 12.0 Å². The molecular weight excluding hydrogens is 311 g/mol. The third-order valence-electron chi connectivity index (χ3n) is 2.82. The highest BCUT2D eigenvalue weighted by Crippen LogP contribution is 2.47. The van der Waals surface area contributed by atoms with Crippen LogP contribution in [0.1, 0.15) is 32.8 Å². The largest absolute Gasteiger partial charge is 0.425 e. The van der Waals surface area contributed by atoms with E-state index < -0.39 is 11.6 Å². The molecular formula is C13H21N2O4PS. The van der Waals surface area contributed by atoms with Gasteiger partial charge in [-0.1, -0.05) is 13.0 Å². The summed E-state index contributed by atoms with van der Waals surface area (Å²) in [5, 5.41) is 14.2. The molecule has 0 radical (unpaired) electrons. The Balaban J connectivity index is 3.11. The predicted octanol–water partition coefficient (Wildman–Crippen LogP) is 3.93. The van der Waals surface area contributed by atoms with E-state index in [2.05, 4.69) is 5.09 Å². The van der Waals surface area contributed by atoms with Gasteiger partial charge in [-0.2, -0.15) is 0 Å². The van der Waals surface area contributed by atoms with E-state index in [1.165, 1.54) is 6.07 Å². The molecule has 0 heterocycles. The number of rotatable bonds is 8. The quantitative estimate of drug-likeness (QED) is 0.442. The molecule has 0 amide bonds. The summed E-state index contributed by atoms with van der Waals surface area (Å²) in [5.74, 6) is 0.146. The minimum absolute atomic E-state index is 0.103. The molecule has 1 aromatic rings. The van der Waals surface area contributed by atoms with Crippen LogP contribution in [0.5, 0.6) is 5.75 Å². The van der Waals surface area contributed by atoms with Gasteiger partial charge < -0.3 is 9.05 Å². The van der Waals surface area contributed by atoms with E-state index in [1.54, 1.807) is 12.1 Å². The molecule has 0 aliphatic carbocycles. The van der Waals surface area contributed by atoms with E-state index in [9.17, 15) is 10.1 Å². The van der Waals surface area contributed by atoms with Crippen LogP contribution in [-0.4, -0.2) is 17.6 Å². The molecule has 2 atom stereocenters. The summed E-state index contributed by atoms with van der Waals surface area (Å²) in [7, 11) is 0. The van der Waals surface area contributed by atoms with Crippen molar-refractivity contribution in [2.24, 2.45) is 0 Å². The van der Waals surface area contributed by atoms with Gasteiger partial charge in [0.25, 0.3) is 0 Å². The number of benzene rings is 1. The molecule has 8 heteroatoms. The first-order valence-corrected chi connectivity index (χ1v) is 9.42. The Hall–Kier alpha value is -1.01. The zero-order valence-electron chi connectivity index (χ0n) is 12.7. The van der Waals surface area contributed by atoms with E-state index in [0.29, 0.717) is 6.61 Å². The highest BCUT2D eigenvalue weighted by molar-refractivity contribution is 8.09. The summed E-state index contributed by atoms with van der Waals surface area (Å²) in [5.41, 5.74) is 0.748. The lowest BCUT2D eigenvalue weighted by molar-refractivity contribution is -0.385. The van der Waals surface area contributed by atoms with Crippen LogP contribution >= 0.6 is 6.64 Å². The number of hydrogen-bond donors (Lipinski definition) is 1. The van der Waals surface area contributed by atoms with Crippen molar-refractivity contribution in [3.63, 3.8) is 0 Å². The van der Waals surface area contributed by atoms with Crippen LogP contribution < -0.4 is 9.61 Å². The van der Waals surface area contributed by atoms with Gasteiger partial charge in [0, 0.05) is 12.1 Å². The van der Waals surface area contributed by atoms with Crippen LogP contribution in [0.2, 0.25) is 0 Å². The zero-order chi connectivity index (χ0) is 16.0. The van der Waals surface area contributed by atoms with Crippen LogP contribution in [0.4, 0.5) is 5.69 Å². The Morgan fingerprint density at radius 2 is 2.14 bits per heavy atom. The van der Waals surface area contributed by atoms with E-state index >= 15 is 0 Å². The molecule has 0 aliphatic rings. The topological polar surface area (TPSA) is 73.6 Å². The van der Waals surface area contributed by atoms with E-state index in [4.69, 9.17) is 20.9 Å². The molecule has 0 saturated heterocycles. The van der Waals surface area contributed by atoms with Crippen LogP contribution in [-0.2, 0) is 16.3 Å². The van der Waals surface area contributed by atoms with Crippen molar-refractivity contribution < 1.29 is 14.0 Å². The summed E-state index contributed by atoms with van der Waals surface area (Å²) < 4.78 is 11.3. The number of hydrogen-bond acceptors (Lipinski definition) is 5. The second-order valence-corrected chi connectivity index (χ2v) is 7.81. The zero-order valence-corrected chi connectivity index (χ0v) is 14.4. The number of aryl methyl sites for hydroxylation is 1. The molecule has 6 nitrogen and oxygen atoms in total. The van der Waals surface area contributed by atoms with Gasteiger partial charge in [0.1, 0.15) is 0 Å². The van der Waals surface area contributed by atoms with Crippen molar-refractivity contribution >= 4 is 24.1 Å². The molecule has 0 bridgehead atoms. The van der Waals surface area contributed by atoms with Gasteiger partial charge in [0.05, 0.1) is 11.5 Å². The lowest BCUT2D eigenvalue weighted by atomic mass is 10.2. The van der Waals surface area contributed by atoms with Crippen molar-refractivity contribution in [1.29, 1.82) is 0 Å². The summed E-state index contributed by atoms with van der Waals surface area (Å²) in [4.78, 5) is 10.6. The molecule has 0 aliphatic heterocycles. The van der Waals surface area contributed by atoms with E-state index in [-0.39, 0.29) is 17.5 Å². The molecule has 21 heavy (non-hydrogen) atoms. The van der Waals surface area contributed by atoms with Crippen LogP contribution in [0.15, 0.2) is 18.2 Å². The molecule has 0 saturated carbocycles. The van der Waals surface area contributed by atoms with Crippen LogP contribution in [0.25, 0.3) is 0 Å². The van der Waals surface area contributed by atoms with Crippen molar-refractivity contribution in [3.05, 3.63) is 33.9 Å². The van der Waals surface area contributed by atoms with Crippen molar-refractivity contribution in [2.75, 3.05) is 6.61 Å². The molecule has 0 fully saturated rings. The maximum atomic E-state index is 11.1. The van der Waals surface area contributed by atoms with E-state index in [1.807, 2.05) is 27.7 Å². The molecule has 1 rings (SSSR count). The smallest absolute Gasteiger partial charge is 0.313 e. The predicted molar refractivity (Wildman–Crippen MR) is 87.3 cm³/mol. The lowest BCUT2D eigenvalue weighted by Crippen LogP contribution is -2.25. The fourth-order valence-corrected chi connectivity index (χ4v) is 4.34. The number of nitro groups is 1. The Morgan fingerprint density at radius 3 is 2.67 bits per heavy atom. The highest BCUT2D eigenvalue weighted by atomic mass is 32.5. The van der Waals surface area contributed by atoms with Gasteiger partial charge in [0.15, 0.2) is 0 Å². The van der Waals surface area contributed by atoms with Gasteiger partial charge >= 0.3 is 12.3 Å². The first-order chi connectivity index (χ1) is 9.81.